The van der Waals surface area contributed by atoms with Gasteiger partial charge in [-0.15, -0.1) is 0 Å². The number of nitrogens with zero attached hydrogens (tertiary/aromatic N) is 1. The highest BCUT2D eigenvalue weighted by Gasteiger charge is 1.97. The van der Waals surface area contributed by atoms with Gasteiger partial charge in [-0.25, -0.2) is 4.98 Å². The van der Waals surface area contributed by atoms with E-state index in [2.05, 4.69) is 10.3 Å². The van der Waals surface area contributed by atoms with Crippen LogP contribution in [0.25, 0.3) is 0 Å². The van der Waals surface area contributed by atoms with Crippen molar-refractivity contribution in [1.29, 1.82) is 0 Å². The van der Waals surface area contributed by atoms with E-state index in [1.165, 1.54) is 6.08 Å². The quantitative estimate of drug-likeness (QED) is 0.700. The van der Waals surface area contributed by atoms with Gasteiger partial charge in [-0.3, -0.25) is 4.79 Å². The molecule has 1 aromatic heterocycles. The molecule has 0 spiro atoms. The maximum absolute atomic E-state index is 11.2. The molecule has 68 valence electrons. The molecule has 1 heterocycles. The van der Waals surface area contributed by atoms with Gasteiger partial charge in [0, 0.05) is 12.3 Å². The number of allylic oxidation sites excluding steroid dienone is 1. The number of hydrogen-bond donors (Lipinski definition) is 1. The molecule has 0 atom stereocenters. The summed E-state index contributed by atoms with van der Waals surface area (Å²) in [5.41, 5.74) is 0.966. The molecule has 0 aliphatic heterocycles. The number of carbonyl (C=O) groups is 1. The average Bonchev–Trinajstić information content (AvgIpc) is 2.04. The van der Waals surface area contributed by atoms with Gasteiger partial charge in [-0.2, -0.15) is 0 Å². The summed E-state index contributed by atoms with van der Waals surface area (Å²) >= 11 is 0. The second-order valence-electron chi connectivity index (χ2n) is 2.93. The first kappa shape index (κ1) is 9.45. The van der Waals surface area contributed by atoms with Crippen molar-refractivity contribution in [1.82, 2.24) is 4.98 Å². The summed E-state index contributed by atoms with van der Waals surface area (Å²) < 4.78 is 0. The van der Waals surface area contributed by atoms with Gasteiger partial charge in [0.1, 0.15) is 5.82 Å². The van der Waals surface area contributed by atoms with E-state index in [1.54, 1.807) is 18.3 Å². The molecule has 3 nitrogen and oxygen atoms in total. The van der Waals surface area contributed by atoms with Crippen LogP contribution in [0.3, 0.4) is 0 Å². The Bertz CT molecular complexity index is 313. The summed E-state index contributed by atoms with van der Waals surface area (Å²) in [6.07, 6.45) is 3.17. The van der Waals surface area contributed by atoms with Gasteiger partial charge in [0.05, 0.1) is 0 Å². The summed E-state index contributed by atoms with van der Waals surface area (Å²) in [4.78, 5) is 15.2. The Hall–Kier alpha value is -1.64. The Kier molecular flexibility index (Phi) is 3.20. The summed E-state index contributed by atoms with van der Waals surface area (Å²) in [6, 6.07) is 5.37. The minimum Gasteiger partial charge on any atom is -0.307 e. The lowest BCUT2D eigenvalue weighted by atomic mass is 10.3. The number of pyridine rings is 1. The number of hydrogen-bond acceptors (Lipinski definition) is 2. The van der Waals surface area contributed by atoms with Gasteiger partial charge in [-0.1, -0.05) is 11.6 Å². The molecule has 1 N–H and O–H groups in total. The standard InChI is InChI=1S/C10H12N2O/c1-8(2)7-10(13)12-9-5-3-4-6-11-9/h3-7H,1-2H3,(H,11,12,13). The van der Waals surface area contributed by atoms with E-state index in [1.807, 2.05) is 19.9 Å². The number of nitrogens with one attached hydrogen (secondary N) is 1. The second kappa shape index (κ2) is 4.40. The average molecular weight is 176 g/mol. The smallest absolute Gasteiger partial charge is 0.249 e. The summed E-state index contributed by atoms with van der Waals surface area (Å²) in [5, 5.41) is 2.65. The van der Waals surface area contributed by atoms with E-state index in [0.29, 0.717) is 5.82 Å². The number of rotatable bonds is 2. The fourth-order valence-corrected chi connectivity index (χ4v) is 0.861. The maximum atomic E-state index is 11.2. The molecule has 0 aliphatic carbocycles. The van der Waals surface area contributed by atoms with Gasteiger partial charge in [0.15, 0.2) is 0 Å². The molecule has 0 aromatic carbocycles. The lowest BCUT2D eigenvalue weighted by Crippen LogP contribution is -2.09. The first-order chi connectivity index (χ1) is 6.18. The van der Waals surface area contributed by atoms with Gasteiger partial charge in [-0.05, 0) is 26.0 Å². The fourth-order valence-electron chi connectivity index (χ4n) is 0.861. The van der Waals surface area contributed by atoms with Crippen LogP contribution in [0.15, 0.2) is 36.0 Å². The normalized spacial score (nSPS) is 9.08. The van der Waals surface area contributed by atoms with E-state index >= 15 is 0 Å². The molecule has 3 heteroatoms. The minimum absolute atomic E-state index is 0.140. The van der Waals surface area contributed by atoms with E-state index in [-0.39, 0.29) is 5.91 Å². The molecule has 0 fully saturated rings. The Morgan fingerprint density at radius 3 is 2.77 bits per heavy atom. The minimum atomic E-state index is -0.140. The Labute approximate surface area is 77.5 Å². The third-order valence-electron chi connectivity index (χ3n) is 1.34. The molecule has 1 amide bonds. The number of carbonyl (C=O) groups excluding carboxylic acids is 1. The first-order valence-electron chi connectivity index (χ1n) is 4.05. The van der Waals surface area contributed by atoms with Gasteiger partial charge < -0.3 is 5.32 Å². The first-order valence-corrected chi connectivity index (χ1v) is 4.05. The zero-order valence-electron chi connectivity index (χ0n) is 7.74. The molecule has 0 radical (unpaired) electrons. The lowest BCUT2D eigenvalue weighted by molar-refractivity contribution is -0.112. The van der Waals surface area contributed by atoms with Crippen LogP contribution in [0.5, 0.6) is 0 Å². The van der Waals surface area contributed by atoms with Gasteiger partial charge in [0.2, 0.25) is 5.91 Å². The molecule has 0 bridgehead atoms. The van der Waals surface area contributed by atoms with Crippen molar-refractivity contribution in [2.45, 2.75) is 13.8 Å². The SMILES string of the molecule is CC(C)=CC(=O)Nc1ccccn1. The highest BCUT2D eigenvalue weighted by Crippen LogP contribution is 2.00. The van der Waals surface area contributed by atoms with Crippen LogP contribution >= 0.6 is 0 Å². The Balaban J connectivity index is 2.61. The molecule has 0 saturated carbocycles. The molecule has 0 unspecified atom stereocenters. The van der Waals surface area contributed by atoms with Crippen molar-refractivity contribution in [3.63, 3.8) is 0 Å². The highest BCUT2D eigenvalue weighted by atomic mass is 16.1. The topological polar surface area (TPSA) is 42.0 Å². The molecule has 1 aromatic rings. The van der Waals surface area contributed by atoms with Gasteiger partial charge >= 0.3 is 0 Å². The maximum Gasteiger partial charge on any atom is 0.249 e. The summed E-state index contributed by atoms with van der Waals surface area (Å²) in [6.45, 7) is 3.75. The third-order valence-corrected chi connectivity index (χ3v) is 1.34. The van der Waals surface area contributed by atoms with Crippen molar-refractivity contribution >= 4 is 11.7 Å². The molecule has 13 heavy (non-hydrogen) atoms. The molecular formula is C10H12N2O. The van der Waals surface area contributed by atoms with Crippen LogP contribution in [0.1, 0.15) is 13.8 Å². The largest absolute Gasteiger partial charge is 0.307 e. The molecule has 0 aliphatic rings. The number of aromatic nitrogens is 1. The van der Waals surface area contributed by atoms with Crippen LogP contribution in [0, 0.1) is 0 Å². The van der Waals surface area contributed by atoms with E-state index in [9.17, 15) is 4.79 Å². The van der Waals surface area contributed by atoms with Crippen LogP contribution in [0.4, 0.5) is 5.82 Å². The number of anilines is 1. The number of amides is 1. The van der Waals surface area contributed by atoms with Crippen molar-refractivity contribution in [3.05, 3.63) is 36.0 Å². The molecular weight excluding hydrogens is 164 g/mol. The monoisotopic (exact) mass is 176 g/mol. The van der Waals surface area contributed by atoms with Gasteiger partial charge in [0.25, 0.3) is 0 Å². The van der Waals surface area contributed by atoms with Crippen molar-refractivity contribution in [3.8, 4) is 0 Å². The summed E-state index contributed by atoms with van der Waals surface area (Å²) in [5.74, 6) is 0.434. The zero-order valence-corrected chi connectivity index (χ0v) is 7.74. The molecule has 0 saturated heterocycles. The summed E-state index contributed by atoms with van der Waals surface area (Å²) in [7, 11) is 0. The Morgan fingerprint density at radius 2 is 2.23 bits per heavy atom. The predicted molar refractivity (Wildman–Crippen MR) is 52.3 cm³/mol. The van der Waals surface area contributed by atoms with Crippen molar-refractivity contribution in [2.24, 2.45) is 0 Å². The van der Waals surface area contributed by atoms with Crippen molar-refractivity contribution < 1.29 is 4.79 Å². The van der Waals surface area contributed by atoms with Crippen LogP contribution in [-0.4, -0.2) is 10.9 Å². The molecule has 1 rings (SSSR count). The Morgan fingerprint density at radius 1 is 1.46 bits per heavy atom. The van der Waals surface area contributed by atoms with E-state index in [4.69, 9.17) is 0 Å². The van der Waals surface area contributed by atoms with Crippen LogP contribution in [-0.2, 0) is 4.79 Å². The predicted octanol–water partition coefficient (Wildman–Crippen LogP) is 1.99. The fraction of sp³-hybridized carbons (Fsp3) is 0.200. The van der Waals surface area contributed by atoms with E-state index < -0.39 is 0 Å². The van der Waals surface area contributed by atoms with Crippen molar-refractivity contribution in [2.75, 3.05) is 5.32 Å². The van der Waals surface area contributed by atoms with Crippen LogP contribution in [0.2, 0.25) is 0 Å². The second-order valence-corrected chi connectivity index (χ2v) is 2.93. The van der Waals surface area contributed by atoms with Crippen LogP contribution < -0.4 is 5.32 Å². The lowest BCUT2D eigenvalue weighted by Gasteiger charge is -1.99. The third kappa shape index (κ3) is 3.51. The van der Waals surface area contributed by atoms with E-state index in [0.717, 1.165) is 5.57 Å². The highest BCUT2D eigenvalue weighted by molar-refractivity contribution is 5.98. The zero-order chi connectivity index (χ0) is 9.68.